The van der Waals surface area contributed by atoms with Gasteiger partial charge in [-0.2, -0.15) is 4.72 Å². The minimum atomic E-state index is -4.23. The van der Waals surface area contributed by atoms with Crippen LogP contribution in [0.3, 0.4) is 0 Å². The van der Waals surface area contributed by atoms with E-state index in [9.17, 15) is 38.2 Å². The van der Waals surface area contributed by atoms with E-state index in [-0.39, 0.29) is 11.3 Å². The second-order valence-corrected chi connectivity index (χ2v) is 13.1. The molecule has 0 bridgehead atoms. The van der Waals surface area contributed by atoms with E-state index in [1.54, 1.807) is 73.7 Å². The molecule has 0 saturated carbocycles. The lowest BCUT2D eigenvalue weighted by Gasteiger charge is -2.19. The first-order valence-corrected chi connectivity index (χ1v) is 16.8. The van der Waals surface area contributed by atoms with Crippen LogP contribution in [0.5, 0.6) is 5.75 Å². The van der Waals surface area contributed by atoms with Gasteiger partial charge >= 0.3 is 0 Å². The lowest BCUT2D eigenvalue weighted by Crippen LogP contribution is -2.46. The van der Waals surface area contributed by atoms with E-state index >= 15 is 0 Å². The third kappa shape index (κ3) is 8.08. The predicted molar refractivity (Wildman–Crippen MR) is 178 cm³/mol. The summed E-state index contributed by atoms with van der Waals surface area (Å²) in [5.74, 6) is -1.18. The van der Waals surface area contributed by atoms with Crippen molar-refractivity contribution in [3.05, 3.63) is 140 Å². The second kappa shape index (κ2) is 14.6. The Bertz CT molecular complexity index is 1940. The average Bonchev–Trinajstić information content (AvgIpc) is 3.83. The van der Waals surface area contributed by atoms with Gasteiger partial charge in [-0.3, -0.25) is 29.8 Å². The highest BCUT2D eigenvalue weighted by atomic mass is 32.2. The Labute approximate surface area is 282 Å². The third-order valence-electron chi connectivity index (χ3n) is 7.80. The highest BCUT2D eigenvalue weighted by Gasteiger charge is 2.55. The molecule has 4 aromatic rings. The zero-order valence-corrected chi connectivity index (χ0v) is 27.4. The van der Waals surface area contributed by atoms with Crippen LogP contribution < -0.4 is 9.46 Å². The summed E-state index contributed by atoms with van der Waals surface area (Å²) in [6.45, 7) is 4.32. The van der Waals surface area contributed by atoms with E-state index in [1.165, 1.54) is 12.1 Å². The Morgan fingerprint density at radius 3 is 2.06 bits per heavy atom. The molecule has 1 heterocycles. The number of hydrogen-bond donors (Lipinski definition) is 1. The number of carbonyl (C=O) groups is 2. The fourth-order valence-corrected chi connectivity index (χ4v) is 6.37. The van der Waals surface area contributed by atoms with Crippen LogP contribution in [0.4, 0.5) is 11.4 Å². The molecule has 1 N–H and O–H groups in total. The van der Waals surface area contributed by atoms with E-state index in [0.717, 1.165) is 46.6 Å². The zero-order chi connectivity index (χ0) is 35.3. The number of non-ortho nitro benzene ring substituents is 2. The Morgan fingerprint density at radius 1 is 0.878 bits per heavy atom. The molecule has 254 valence electrons. The Balaban J connectivity index is 1.54. The smallest absolute Gasteiger partial charge is 0.277 e. The number of carbonyl (C=O) groups excluding carboxylic acids is 2. The number of rotatable bonds is 14. The van der Waals surface area contributed by atoms with E-state index in [1.807, 2.05) is 6.92 Å². The molecule has 1 saturated heterocycles. The molecule has 1 aliphatic rings. The van der Waals surface area contributed by atoms with Gasteiger partial charge in [0.15, 0.2) is 6.17 Å². The zero-order valence-electron chi connectivity index (χ0n) is 26.6. The van der Waals surface area contributed by atoms with Crippen molar-refractivity contribution in [3.63, 3.8) is 0 Å². The lowest BCUT2D eigenvalue weighted by molar-refractivity contribution is -0.394. The first kappa shape index (κ1) is 34.7. The summed E-state index contributed by atoms with van der Waals surface area (Å²) in [6.07, 6.45) is 0.626. The van der Waals surface area contributed by atoms with Crippen LogP contribution in [0, 0.1) is 27.2 Å². The molecule has 49 heavy (non-hydrogen) atoms. The van der Waals surface area contributed by atoms with E-state index in [4.69, 9.17) is 4.74 Å². The summed E-state index contributed by atoms with van der Waals surface area (Å²) >= 11 is 0. The minimum Gasteiger partial charge on any atom is -0.494 e. The number of hydrazine groups is 1. The lowest BCUT2D eigenvalue weighted by atomic mass is 10.1. The second-order valence-electron chi connectivity index (χ2n) is 11.4. The van der Waals surface area contributed by atoms with E-state index < -0.39 is 60.8 Å². The summed E-state index contributed by atoms with van der Waals surface area (Å²) in [5, 5.41) is 25.2. The van der Waals surface area contributed by atoms with Crippen LogP contribution in [0.1, 0.15) is 53.0 Å². The Hall–Kier alpha value is -5.67. The molecule has 0 aliphatic carbocycles. The number of sulfonamides is 1. The van der Waals surface area contributed by atoms with Gasteiger partial charge in [0.1, 0.15) is 11.8 Å². The summed E-state index contributed by atoms with van der Waals surface area (Å²) in [6, 6.07) is 22.5. The summed E-state index contributed by atoms with van der Waals surface area (Å²) in [5.41, 5.74) is 0.141. The summed E-state index contributed by atoms with van der Waals surface area (Å²) < 4.78 is 35.3. The molecular weight excluding hydrogens is 654 g/mol. The summed E-state index contributed by atoms with van der Waals surface area (Å²) in [4.78, 5) is 49.6. The number of amides is 2. The molecule has 5 rings (SSSR count). The molecule has 2 atom stereocenters. The molecule has 0 aromatic heterocycles. The number of nitrogens with zero attached hydrogens (tertiary/aromatic N) is 4. The highest BCUT2D eigenvalue weighted by Crippen LogP contribution is 2.44. The number of unbranched alkanes of at least 4 members (excludes halogenated alkanes) is 1. The quantitative estimate of drug-likeness (QED) is 0.0777. The molecule has 1 aliphatic heterocycles. The van der Waals surface area contributed by atoms with Gasteiger partial charge in [0.05, 0.1) is 33.0 Å². The van der Waals surface area contributed by atoms with Crippen LogP contribution in [0.2, 0.25) is 0 Å². The van der Waals surface area contributed by atoms with Crippen molar-refractivity contribution in [1.29, 1.82) is 0 Å². The van der Waals surface area contributed by atoms with Gasteiger partial charge in [0.25, 0.3) is 23.2 Å². The minimum absolute atomic E-state index is 0.0678. The van der Waals surface area contributed by atoms with E-state index in [2.05, 4.69) is 4.72 Å². The molecule has 15 heteroatoms. The molecular formula is C34H33N5O9S. The molecule has 0 radical (unpaired) electrons. The van der Waals surface area contributed by atoms with Crippen molar-refractivity contribution < 1.29 is 32.6 Å². The van der Waals surface area contributed by atoms with Crippen molar-refractivity contribution in [2.24, 2.45) is 0 Å². The van der Waals surface area contributed by atoms with Crippen LogP contribution in [0.15, 0.2) is 102 Å². The van der Waals surface area contributed by atoms with Gasteiger partial charge in [-0.25, -0.2) is 18.4 Å². The number of nitro groups is 2. The van der Waals surface area contributed by atoms with Crippen molar-refractivity contribution in [2.45, 2.75) is 50.2 Å². The average molecular weight is 688 g/mol. The SMILES string of the molecule is CCCCOc1ccc([C@@H]2N(C(=O)c3cc([N+](=O)[O-])cc([N+](=O)[O-])c3)N2C(=O)[C@@H](Cc2ccccc2)NS(=O)(=O)c2ccc(C)cc2)cc1. The number of nitrogens with one attached hydrogen (secondary N) is 1. The molecule has 1 fully saturated rings. The van der Waals surface area contributed by atoms with Gasteiger partial charge < -0.3 is 4.74 Å². The van der Waals surface area contributed by atoms with Gasteiger partial charge in [-0.05, 0) is 55.2 Å². The predicted octanol–water partition coefficient (Wildman–Crippen LogP) is 5.48. The van der Waals surface area contributed by atoms with Crippen molar-refractivity contribution in [2.75, 3.05) is 6.61 Å². The first-order valence-electron chi connectivity index (χ1n) is 15.4. The largest absolute Gasteiger partial charge is 0.494 e. The normalized spacial score (nSPS) is 14.6. The van der Waals surface area contributed by atoms with Gasteiger partial charge in [0.2, 0.25) is 10.0 Å². The molecule has 4 aromatic carbocycles. The number of hydrogen-bond acceptors (Lipinski definition) is 9. The molecule has 0 spiro atoms. The topological polar surface area (TPSA) is 182 Å². The Kier molecular flexibility index (Phi) is 10.3. The first-order chi connectivity index (χ1) is 23.4. The standard InChI is InChI=1S/C34H33N5O9S/c1-3-4-18-48-29-14-12-25(13-15-29)32-36(33(40)26-20-27(38(42)43)22-28(21-26)39(44)45)37(32)34(41)31(19-24-8-6-5-7-9-24)35-49(46,47)30-16-10-23(2)11-17-30/h5-17,20-22,31-32,35H,3-4,18-19H2,1-2H3/t31-,32-,36?,37?/m1/s1. The molecule has 2 amide bonds. The highest BCUT2D eigenvalue weighted by molar-refractivity contribution is 7.89. The third-order valence-corrected chi connectivity index (χ3v) is 9.29. The Morgan fingerprint density at radius 2 is 1.49 bits per heavy atom. The number of nitro benzene ring substituents is 2. The summed E-state index contributed by atoms with van der Waals surface area (Å²) in [7, 11) is -4.23. The maximum atomic E-state index is 14.4. The van der Waals surface area contributed by atoms with Gasteiger partial charge in [-0.1, -0.05) is 73.5 Å². The van der Waals surface area contributed by atoms with Crippen LogP contribution in [-0.2, 0) is 21.2 Å². The fourth-order valence-electron chi connectivity index (χ4n) is 5.18. The fraction of sp³-hybridized carbons (Fsp3) is 0.235. The monoisotopic (exact) mass is 687 g/mol. The number of benzene rings is 4. The van der Waals surface area contributed by atoms with Crippen molar-refractivity contribution in [3.8, 4) is 5.75 Å². The number of aryl methyl sites for hydroxylation is 1. The molecule has 0 unspecified atom stereocenters. The van der Waals surface area contributed by atoms with Crippen LogP contribution in [0.25, 0.3) is 0 Å². The molecule has 14 nitrogen and oxygen atoms in total. The maximum absolute atomic E-state index is 14.4. The maximum Gasteiger partial charge on any atom is 0.277 e. The van der Waals surface area contributed by atoms with Crippen LogP contribution >= 0.6 is 0 Å². The van der Waals surface area contributed by atoms with Crippen molar-refractivity contribution >= 4 is 33.2 Å². The van der Waals surface area contributed by atoms with Crippen molar-refractivity contribution in [1.82, 2.24) is 14.7 Å². The van der Waals surface area contributed by atoms with E-state index in [0.29, 0.717) is 23.5 Å². The number of ether oxygens (including phenoxy) is 1. The van der Waals surface area contributed by atoms with Crippen LogP contribution in [-0.4, -0.2) is 52.7 Å². The van der Waals surface area contributed by atoms with Gasteiger partial charge in [0, 0.05) is 12.1 Å². The van der Waals surface area contributed by atoms with Gasteiger partial charge in [-0.15, -0.1) is 0 Å².